The number of rotatable bonds is 1. The molecule has 0 atom stereocenters. The standard InChI is InChI=1S/C11H9F7/c1-6-3-7(2)5-8(4-6)9(12,10(13,14)15)11(16,17)18/h3-5H,1-2H3. The highest BCUT2D eigenvalue weighted by Gasteiger charge is 2.73. The van der Waals surface area contributed by atoms with Gasteiger partial charge in [-0.1, -0.05) is 29.3 Å². The van der Waals surface area contributed by atoms with Gasteiger partial charge in [0, 0.05) is 5.56 Å². The number of halogens is 7. The van der Waals surface area contributed by atoms with Gasteiger partial charge in [0.05, 0.1) is 0 Å². The lowest BCUT2D eigenvalue weighted by molar-refractivity contribution is -0.348. The average Bonchev–Trinajstić information content (AvgIpc) is 2.11. The van der Waals surface area contributed by atoms with E-state index in [1.54, 1.807) is 0 Å². The predicted octanol–water partition coefficient (Wildman–Crippen LogP) is 4.59. The van der Waals surface area contributed by atoms with Gasteiger partial charge in [-0.2, -0.15) is 26.3 Å². The van der Waals surface area contributed by atoms with Gasteiger partial charge in [0.25, 0.3) is 0 Å². The summed E-state index contributed by atoms with van der Waals surface area (Å²) >= 11 is 0. The first-order chi connectivity index (χ1) is 7.89. The summed E-state index contributed by atoms with van der Waals surface area (Å²) in [6.45, 7) is 2.59. The summed E-state index contributed by atoms with van der Waals surface area (Å²) in [7, 11) is 0. The minimum absolute atomic E-state index is 0.125. The first-order valence-electron chi connectivity index (χ1n) is 4.80. The molecule has 0 saturated heterocycles. The van der Waals surface area contributed by atoms with Crippen molar-refractivity contribution in [3.63, 3.8) is 0 Å². The van der Waals surface area contributed by atoms with Crippen molar-refractivity contribution in [1.29, 1.82) is 0 Å². The van der Waals surface area contributed by atoms with Crippen molar-refractivity contribution in [2.45, 2.75) is 31.9 Å². The van der Waals surface area contributed by atoms with E-state index in [2.05, 4.69) is 0 Å². The van der Waals surface area contributed by atoms with Crippen LogP contribution >= 0.6 is 0 Å². The smallest absolute Gasteiger partial charge is 0.218 e. The molecule has 0 unspecified atom stereocenters. The Morgan fingerprint density at radius 2 is 1.00 bits per heavy atom. The third kappa shape index (κ3) is 2.30. The molecular formula is C11H9F7. The summed E-state index contributed by atoms with van der Waals surface area (Å²) in [6, 6.07) is 2.46. The van der Waals surface area contributed by atoms with Gasteiger partial charge in [-0.05, 0) is 13.8 Å². The third-order valence-electron chi connectivity index (χ3n) is 2.40. The van der Waals surface area contributed by atoms with Crippen LogP contribution < -0.4 is 0 Å². The molecule has 0 heterocycles. The maximum Gasteiger partial charge on any atom is 0.435 e. The van der Waals surface area contributed by atoms with Crippen LogP contribution in [0.4, 0.5) is 30.7 Å². The Balaban J connectivity index is 3.55. The van der Waals surface area contributed by atoms with Crippen LogP contribution in [0.25, 0.3) is 0 Å². The van der Waals surface area contributed by atoms with Crippen molar-refractivity contribution >= 4 is 0 Å². The minimum Gasteiger partial charge on any atom is -0.218 e. The zero-order valence-electron chi connectivity index (χ0n) is 9.38. The van der Waals surface area contributed by atoms with Crippen LogP contribution in [0.5, 0.6) is 0 Å². The quantitative estimate of drug-likeness (QED) is 0.657. The molecule has 0 aliphatic heterocycles. The molecule has 18 heavy (non-hydrogen) atoms. The monoisotopic (exact) mass is 274 g/mol. The molecule has 0 radical (unpaired) electrons. The van der Waals surface area contributed by atoms with Crippen molar-refractivity contribution in [2.24, 2.45) is 0 Å². The zero-order chi connectivity index (χ0) is 14.4. The molecule has 1 aromatic carbocycles. The fourth-order valence-corrected chi connectivity index (χ4v) is 1.66. The lowest BCUT2D eigenvalue weighted by Crippen LogP contribution is -2.50. The summed E-state index contributed by atoms with van der Waals surface area (Å²) < 4.78 is 88.4. The van der Waals surface area contributed by atoms with Gasteiger partial charge in [0.15, 0.2) is 0 Å². The number of hydrogen-bond acceptors (Lipinski definition) is 0. The van der Waals surface area contributed by atoms with Crippen LogP contribution in [-0.4, -0.2) is 12.4 Å². The van der Waals surface area contributed by atoms with Gasteiger partial charge >= 0.3 is 18.0 Å². The third-order valence-corrected chi connectivity index (χ3v) is 2.40. The maximum absolute atomic E-state index is 13.6. The Kier molecular flexibility index (Phi) is 3.40. The fourth-order valence-electron chi connectivity index (χ4n) is 1.66. The van der Waals surface area contributed by atoms with E-state index >= 15 is 0 Å². The second-order valence-corrected chi connectivity index (χ2v) is 4.03. The molecule has 1 rings (SSSR count). The second kappa shape index (κ2) is 4.13. The number of alkyl halides is 7. The van der Waals surface area contributed by atoms with Gasteiger partial charge in [0.2, 0.25) is 0 Å². The SMILES string of the molecule is Cc1cc(C)cc(C(F)(C(F)(F)F)C(F)(F)F)c1. The Hall–Kier alpha value is -1.27. The molecule has 0 aliphatic rings. The summed E-state index contributed by atoms with van der Waals surface area (Å²) in [6.07, 6.45) is -12.1. The van der Waals surface area contributed by atoms with Gasteiger partial charge in [-0.25, -0.2) is 4.39 Å². The summed E-state index contributed by atoms with van der Waals surface area (Å²) in [4.78, 5) is 0. The normalized spacial score (nSPS) is 13.8. The van der Waals surface area contributed by atoms with Crippen molar-refractivity contribution in [2.75, 3.05) is 0 Å². The fraction of sp³-hybridized carbons (Fsp3) is 0.455. The molecule has 0 amide bonds. The molecule has 0 N–H and O–H groups in total. The number of hydrogen-bond donors (Lipinski definition) is 0. The predicted molar refractivity (Wildman–Crippen MR) is 50.8 cm³/mol. The molecule has 0 aromatic heterocycles. The van der Waals surface area contributed by atoms with E-state index in [1.807, 2.05) is 0 Å². The topological polar surface area (TPSA) is 0 Å². The first kappa shape index (κ1) is 14.8. The van der Waals surface area contributed by atoms with Crippen molar-refractivity contribution in [3.8, 4) is 0 Å². The highest BCUT2D eigenvalue weighted by Crippen LogP contribution is 2.53. The largest absolute Gasteiger partial charge is 0.435 e. The van der Waals surface area contributed by atoms with E-state index in [0.29, 0.717) is 12.1 Å². The molecule has 0 fully saturated rings. The van der Waals surface area contributed by atoms with Crippen LogP contribution in [-0.2, 0) is 5.67 Å². The minimum atomic E-state index is -6.06. The van der Waals surface area contributed by atoms with Crippen LogP contribution in [0.1, 0.15) is 16.7 Å². The highest BCUT2D eigenvalue weighted by atomic mass is 19.4. The van der Waals surface area contributed by atoms with Crippen molar-refractivity contribution in [3.05, 3.63) is 34.9 Å². The van der Waals surface area contributed by atoms with E-state index in [-0.39, 0.29) is 11.1 Å². The lowest BCUT2D eigenvalue weighted by Gasteiger charge is -2.30. The van der Waals surface area contributed by atoms with E-state index < -0.39 is 23.6 Å². The van der Waals surface area contributed by atoms with E-state index in [9.17, 15) is 30.7 Å². The first-order valence-corrected chi connectivity index (χ1v) is 4.80. The molecular weight excluding hydrogens is 265 g/mol. The van der Waals surface area contributed by atoms with E-state index in [0.717, 1.165) is 0 Å². The van der Waals surface area contributed by atoms with Crippen LogP contribution in [0.15, 0.2) is 18.2 Å². The molecule has 0 aliphatic carbocycles. The summed E-state index contributed by atoms with van der Waals surface area (Å²) in [5, 5.41) is 0. The van der Waals surface area contributed by atoms with Gasteiger partial charge in [0.1, 0.15) is 0 Å². The summed E-state index contributed by atoms with van der Waals surface area (Å²) in [5.41, 5.74) is -6.54. The highest BCUT2D eigenvalue weighted by molar-refractivity contribution is 5.34. The maximum atomic E-state index is 13.6. The molecule has 7 heteroatoms. The van der Waals surface area contributed by atoms with Crippen LogP contribution in [0.2, 0.25) is 0 Å². The van der Waals surface area contributed by atoms with Crippen LogP contribution in [0.3, 0.4) is 0 Å². The molecule has 1 aromatic rings. The average molecular weight is 274 g/mol. The Morgan fingerprint density at radius 1 is 0.667 bits per heavy atom. The second-order valence-electron chi connectivity index (χ2n) is 4.03. The molecule has 0 spiro atoms. The Bertz CT molecular complexity index is 407. The van der Waals surface area contributed by atoms with Crippen molar-refractivity contribution in [1.82, 2.24) is 0 Å². The molecule has 0 bridgehead atoms. The van der Waals surface area contributed by atoms with Gasteiger partial charge in [-0.3, -0.25) is 0 Å². The Morgan fingerprint density at radius 3 is 1.28 bits per heavy atom. The van der Waals surface area contributed by atoms with Crippen LogP contribution in [0, 0.1) is 13.8 Å². The number of benzene rings is 1. The van der Waals surface area contributed by atoms with Gasteiger partial charge in [-0.15, -0.1) is 0 Å². The number of aryl methyl sites for hydroxylation is 2. The molecule has 0 saturated carbocycles. The molecule has 102 valence electrons. The lowest BCUT2D eigenvalue weighted by atomic mass is 9.91. The zero-order valence-corrected chi connectivity index (χ0v) is 9.38. The Labute approximate surface area is 98.4 Å². The van der Waals surface area contributed by atoms with Crippen molar-refractivity contribution < 1.29 is 30.7 Å². The van der Waals surface area contributed by atoms with Gasteiger partial charge < -0.3 is 0 Å². The summed E-state index contributed by atoms with van der Waals surface area (Å²) in [5.74, 6) is 0. The van der Waals surface area contributed by atoms with E-state index in [1.165, 1.54) is 19.9 Å². The van der Waals surface area contributed by atoms with E-state index in [4.69, 9.17) is 0 Å². The molecule has 0 nitrogen and oxygen atoms in total.